The molecule has 0 bridgehead atoms. The van der Waals surface area contributed by atoms with E-state index in [9.17, 15) is 13.2 Å². The number of nitrogens with zero attached hydrogens (tertiary/aromatic N) is 2. The van der Waals surface area contributed by atoms with Crippen molar-refractivity contribution in [2.45, 2.75) is 56.9 Å². The number of aromatic nitrogens is 1. The maximum Gasteiger partial charge on any atom is 0.243 e. The van der Waals surface area contributed by atoms with Crippen LogP contribution in [0, 0.1) is 13.8 Å². The third-order valence-corrected chi connectivity index (χ3v) is 8.66. The van der Waals surface area contributed by atoms with Crippen LogP contribution in [0.2, 0.25) is 0 Å². The highest BCUT2D eigenvalue weighted by Crippen LogP contribution is 2.28. The topological polar surface area (TPSA) is 79.4 Å². The molecule has 1 heterocycles. The lowest BCUT2D eigenvalue weighted by atomic mass is 9.95. The highest BCUT2D eigenvalue weighted by atomic mass is 32.2. The fraction of sp³-hybridized carbons (Fsp3) is 0.360. The molecule has 4 rings (SSSR count). The number of rotatable bonds is 7. The van der Waals surface area contributed by atoms with Crippen molar-refractivity contribution in [3.8, 4) is 11.3 Å². The molecule has 8 heteroatoms. The zero-order valence-corrected chi connectivity index (χ0v) is 20.6. The fourth-order valence-corrected chi connectivity index (χ4v) is 6.48. The molecule has 1 saturated carbocycles. The first-order valence-electron chi connectivity index (χ1n) is 11.2. The van der Waals surface area contributed by atoms with Crippen molar-refractivity contribution >= 4 is 33.0 Å². The van der Waals surface area contributed by atoms with Gasteiger partial charge in [-0.05, 0) is 51.0 Å². The van der Waals surface area contributed by atoms with Crippen LogP contribution in [-0.4, -0.2) is 36.2 Å². The zero-order valence-electron chi connectivity index (χ0n) is 19.0. The van der Waals surface area contributed by atoms with Gasteiger partial charge in [0.2, 0.25) is 15.9 Å². The van der Waals surface area contributed by atoms with Crippen LogP contribution in [0.1, 0.15) is 42.7 Å². The van der Waals surface area contributed by atoms with Crippen LogP contribution in [0.15, 0.2) is 58.8 Å². The van der Waals surface area contributed by atoms with Gasteiger partial charge in [0.1, 0.15) is 0 Å². The van der Waals surface area contributed by atoms with Crippen LogP contribution in [-0.2, 0) is 14.8 Å². The first-order chi connectivity index (χ1) is 15.8. The maximum absolute atomic E-state index is 13.5. The van der Waals surface area contributed by atoms with E-state index in [4.69, 9.17) is 0 Å². The second kappa shape index (κ2) is 10.2. The summed E-state index contributed by atoms with van der Waals surface area (Å²) in [5, 5.41) is 5.85. The number of benzene rings is 2. The molecule has 3 aromatic rings. The zero-order chi connectivity index (χ0) is 23.4. The van der Waals surface area contributed by atoms with E-state index in [1.54, 1.807) is 41.7 Å². The lowest BCUT2D eigenvalue weighted by Crippen LogP contribution is -2.45. The molecule has 174 valence electrons. The molecule has 1 amide bonds. The second-order valence-electron chi connectivity index (χ2n) is 8.54. The van der Waals surface area contributed by atoms with E-state index in [1.807, 2.05) is 37.4 Å². The Morgan fingerprint density at radius 3 is 2.48 bits per heavy atom. The Hall–Kier alpha value is -2.55. The summed E-state index contributed by atoms with van der Waals surface area (Å²) in [5.41, 5.74) is 3.39. The summed E-state index contributed by atoms with van der Waals surface area (Å²) in [6.45, 7) is 3.67. The predicted molar refractivity (Wildman–Crippen MR) is 133 cm³/mol. The van der Waals surface area contributed by atoms with Gasteiger partial charge in [0.15, 0.2) is 0 Å². The van der Waals surface area contributed by atoms with Gasteiger partial charge in [0.25, 0.3) is 0 Å². The predicted octanol–water partition coefficient (Wildman–Crippen LogP) is 5.39. The Morgan fingerprint density at radius 1 is 1.09 bits per heavy atom. The Morgan fingerprint density at radius 2 is 1.82 bits per heavy atom. The molecule has 0 unspecified atom stereocenters. The molecule has 1 fully saturated rings. The average molecular weight is 484 g/mol. The number of thiazole rings is 1. The number of carbonyl (C=O) groups excluding carboxylic acids is 1. The summed E-state index contributed by atoms with van der Waals surface area (Å²) in [4.78, 5) is 17.7. The van der Waals surface area contributed by atoms with Crippen molar-refractivity contribution < 1.29 is 13.2 Å². The van der Waals surface area contributed by atoms with Crippen molar-refractivity contribution in [3.05, 3.63) is 64.5 Å². The molecule has 1 aromatic heterocycles. The highest BCUT2D eigenvalue weighted by Gasteiger charge is 2.34. The summed E-state index contributed by atoms with van der Waals surface area (Å²) in [6.07, 6.45) is 4.60. The monoisotopic (exact) mass is 483 g/mol. The molecule has 0 aliphatic heterocycles. The molecule has 0 atom stereocenters. The van der Waals surface area contributed by atoms with Crippen LogP contribution in [0.25, 0.3) is 11.3 Å². The van der Waals surface area contributed by atoms with E-state index in [2.05, 4.69) is 10.3 Å². The Labute approximate surface area is 199 Å². The summed E-state index contributed by atoms with van der Waals surface area (Å²) < 4.78 is 28.4. The molecule has 0 saturated heterocycles. The number of hydrogen-bond acceptors (Lipinski definition) is 5. The largest absolute Gasteiger partial charge is 0.325 e. The van der Waals surface area contributed by atoms with Gasteiger partial charge < -0.3 is 5.32 Å². The molecule has 33 heavy (non-hydrogen) atoms. The van der Waals surface area contributed by atoms with E-state index in [-0.39, 0.29) is 23.4 Å². The molecular weight excluding hydrogens is 454 g/mol. The van der Waals surface area contributed by atoms with E-state index in [0.717, 1.165) is 53.9 Å². The minimum Gasteiger partial charge on any atom is -0.325 e. The summed E-state index contributed by atoms with van der Waals surface area (Å²) in [6, 6.07) is 14.1. The van der Waals surface area contributed by atoms with Gasteiger partial charge in [-0.2, -0.15) is 4.31 Å². The second-order valence-corrected chi connectivity index (χ2v) is 11.5. The van der Waals surface area contributed by atoms with E-state index in [0.29, 0.717) is 5.69 Å². The minimum atomic E-state index is -3.79. The molecule has 1 N–H and O–H groups in total. The van der Waals surface area contributed by atoms with Gasteiger partial charge in [-0.15, -0.1) is 11.3 Å². The van der Waals surface area contributed by atoms with Gasteiger partial charge in [-0.1, -0.05) is 49.1 Å². The van der Waals surface area contributed by atoms with E-state index < -0.39 is 10.0 Å². The van der Waals surface area contributed by atoms with Crippen LogP contribution >= 0.6 is 11.3 Å². The van der Waals surface area contributed by atoms with Crippen LogP contribution in [0.4, 0.5) is 5.69 Å². The van der Waals surface area contributed by atoms with Crippen molar-refractivity contribution in [3.63, 3.8) is 0 Å². The fourth-order valence-electron chi connectivity index (χ4n) is 4.22. The molecule has 6 nitrogen and oxygen atoms in total. The molecule has 1 aliphatic carbocycles. The number of aryl methyl sites for hydroxylation is 2. The van der Waals surface area contributed by atoms with Gasteiger partial charge in [-0.3, -0.25) is 4.79 Å². The summed E-state index contributed by atoms with van der Waals surface area (Å²) >= 11 is 1.57. The maximum atomic E-state index is 13.5. The Kier molecular flexibility index (Phi) is 7.26. The van der Waals surface area contributed by atoms with Crippen LogP contribution in [0.3, 0.4) is 0 Å². The SMILES string of the molecule is Cc1ccc(S(=O)(=O)N(CC(=O)Nc2cccc(-c3csc(C)n3)c2)C2CCCCC2)cc1. The summed E-state index contributed by atoms with van der Waals surface area (Å²) in [7, 11) is -3.79. The third-order valence-electron chi connectivity index (χ3n) is 5.97. The van der Waals surface area contributed by atoms with Crippen molar-refractivity contribution in [1.82, 2.24) is 9.29 Å². The Bertz CT molecular complexity index is 1210. The van der Waals surface area contributed by atoms with Gasteiger partial charge >= 0.3 is 0 Å². The van der Waals surface area contributed by atoms with Crippen molar-refractivity contribution in [2.24, 2.45) is 0 Å². The van der Waals surface area contributed by atoms with Crippen molar-refractivity contribution in [2.75, 3.05) is 11.9 Å². The lowest BCUT2D eigenvalue weighted by molar-refractivity contribution is -0.116. The molecule has 2 aromatic carbocycles. The molecule has 1 aliphatic rings. The molecule has 0 radical (unpaired) electrons. The van der Waals surface area contributed by atoms with Gasteiger partial charge in [-0.25, -0.2) is 13.4 Å². The van der Waals surface area contributed by atoms with Crippen LogP contribution < -0.4 is 5.32 Å². The smallest absolute Gasteiger partial charge is 0.243 e. The third kappa shape index (κ3) is 5.69. The first-order valence-corrected chi connectivity index (χ1v) is 13.6. The first kappa shape index (κ1) is 23.6. The number of carbonyl (C=O) groups is 1. The molecule has 0 spiro atoms. The lowest BCUT2D eigenvalue weighted by Gasteiger charge is -2.33. The number of hydrogen-bond donors (Lipinski definition) is 1. The minimum absolute atomic E-state index is 0.167. The Balaban J connectivity index is 1.55. The van der Waals surface area contributed by atoms with E-state index in [1.165, 1.54) is 4.31 Å². The van der Waals surface area contributed by atoms with Gasteiger partial charge in [0.05, 0.1) is 22.1 Å². The van der Waals surface area contributed by atoms with Crippen LogP contribution in [0.5, 0.6) is 0 Å². The number of anilines is 1. The number of nitrogens with one attached hydrogen (secondary N) is 1. The number of sulfonamides is 1. The highest BCUT2D eigenvalue weighted by molar-refractivity contribution is 7.89. The van der Waals surface area contributed by atoms with Gasteiger partial charge in [0, 0.05) is 22.7 Å². The van der Waals surface area contributed by atoms with Crippen molar-refractivity contribution in [1.29, 1.82) is 0 Å². The quantitative estimate of drug-likeness (QED) is 0.489. The standard InChI is InChI=1S/C25H29N3O3S2/c1-18-11-13-23(14-12-18)33(30,31)28(22-9-4-3-5-10-22)16-25(29)27-21-8-6-7-20(15-21)24-17-32-19(2)26-24/h6-8,11-15,17,22H,3-5,9-10,16H2,1-2H3,(H,27,29). The summed E-state index contributed by atoms with van der Waals surface area (Å²) in [5.74, 6) is -0.345. The average Bonchev–Trinajstić information content (AvgIpc) is 3.25. The molecular formula is C25H29N3O3S2. The number of amides is 1. The normalized spacial score (nSPS) is 15.0. The van der Waals surface area contributed by atoms with E-state index >= 15 is 0 Å².